The highest BCUT2D eigenvalue weighted by atomic mass is 16.1. The molecule has 0 radical (unpaired) electrons. The fraction of sp³-hybridized carbons (Fsp3) is 0.591. The van der Waals surface area contributed by atoms with Crippen LogP contribution in [0.15, 0.2) is 42.0 Å². The Kier molecular flexibility index (Phi) is 11.2. The molecule has 0 spiro atoms. The zero-order chi connectivity index (χ0) is 16.8. The summed E-state index contributed by atoms with van der Waals surface area (Å²) >= 11 is 0. The summed E-state index contributed by atoms with van der Waals surface area (Å²) in [5.41, 5.74) is 2.20. The van der Waals surface area contributed by atoms with Crippen molar-refractivity contribution in [2.75, 3.05) is 0 Å². The third-order valence-corrected chi connectivity index (χ3v) is 4.33. The Morgan fingerprint density at radius 3 is 2.17 bits per heavy atom. The van der Waals surface area contributed by atoms with Crippen molar-refractivity contribution in [1.82, 2.24) is 0 Å². The minimum atomic E-state index is 0.265. The van der Waals surface area contributed by atoms with E-state index in [9.17, 15) is 4.79 Å². The number of hydrogen-bond acceptors (Lipinski definition) is 1. The van der Waals surface area contributed by atoms with Crippen molar-refractivity contribution in [1.29, 1.82) is 0 Å². The van der Waals surface area contributed by atoms with Crippen molar-refractivity contribution in [3.63, 3.8) is 0 Å². The zero-order valence-corrected chi connectivity index (χ0v) is 15.2. The highest BCUT2D eigenvalue weighted by molar-refractivity contribution is 5.97. The van der Waals surface area contributed by atoms with E-state index >= 15 is 0 Å². The van der Waals surface area contributed by atoms with Gasteiger partial charge in [-0.05, 0) is 25.7 Å². The van der Waals surface area contributed by atoms with Crippen molar-refractivity contribution < 1.29 is 4.79 Å². The van der Waals surface area contributed by atoms with Crippen molar-refractivity contribution in [3.05, 3.63) is 47.5 Å². The fourth-order valence-corrected chi connectivity index (χ4v) is 2.85. The highest BCUT2D eigenvalue weighted by Crippen LogP contribution is 2.18. The highest BCUT2D eigenvalue weighted by Gasteiger charge is 2.08. The molecule has 128 valence electrons. The molecule has 0 amide bonds. The molecule has 23 heavy (non-hydrogen) atoms. The van der Waals surface area contributed by atoms with E-state index in [2.05, 4.69) is 19.9 Å². The van der Waals surface area contributed by atoms with Crippen LogP contribution in [-0.2, 0) is 0 Å². The molecule has 0 saturated heterocycles. The summed E-state index contributed by atoms with van der Waals surface area (Å²) in [7, 11) is 0. The Morgan fingerprint density at radius 2 is 1.52 bits per heavy atom. The van der Waals surface area contributed by atoms with Crippen LogP contribution in [0.3, 0.4) is 0 Å². The third-order valence-electron chi connectivity index (χ3n) is 4.33. The van der Waals surface area contributed by atoms with Gasteiger partial charge in [0, 0.05) is 12.0 Å². The average molecular weight is 315 g/mol. The quantitative estimate of drug-likeness (QED) is 0.215. The van der Waals surface area contributed by atoms with Gasteiger partial charge in [0.25, 0.3) is 0 Å². The van der Waals surface area contributed by atoms with E-state index in [-0.39, 0.29) is 5.78 Å². The molecule has 0 atom stereocenters. The molecule has 0 heterocycles. The second-order valence-electron chi connectivity index (χ2n) is 6.49. The topological polar surface area (TPSA) is 17.1 Å². The summed E-state index contributed by atoms with van der Waals surface area (Å²) in [6, 6.07) is 9.72. The molecular weight excluding hydrogens is 280 g/mol. The number of benzene rings is 1. The van der Waals surface area contributed by atoms with Crippen LogP contribution in [0.25, 0.3) is 0 Å². The SMILES string of the molecule is CCCCCCC=C(CCCCCC)CC(=O)c1ccccc1. The van der Waals surface area contributed by atoms with E-state index in [1.54, 1.807) is 0 Å². The van der Waals surface area contributed by atoms with Gasteiger partial charge in [0.05, 0.1) is 0 Å². The van der Waals surface area contributed by atoms with Gasteiger partial charge in [0.1, 0.15) is 0 Å². The maximum absolute atomic E-state index is 12.4. The first-order chi connectivity index (χ1) is 11.3. The van der Waals surface area contributed by atoms with Crippen LogP contribution in [0.1, 0.15) is 94.8 Å². The number of Topliss-reactive ketones (excluding diaryl/α,β-unsaturated/α-hetero) is 1. The first-order valence-electron chi connectivity index (χ1n) is 9.54. The summed E-state index contributed by atoms with van der Waals surface area (Å²) in [6.07, 6.45) is 15.4. The lowest BCUT2D eigenvalue weighted by Crippen LogP contribution is -2.01. The minimum Gasteiger partial charge on any atom is -0.294 e. The van der Waals surface area contributed by atoms with Crippen LogP contribution < -0.4 is 0 Å². The molecule has 1 nitrogen and oxygen atoms in total. The molecule has 0 unspecified atom stereocenters. The number of carbonyl (C=O) groups is 1. The van der Waals surface area contributed by atoms with E-state index in [0.29, 0.717) is 6.42 Å². The third kappa shape index (κ3) is 9.38. The van der Waals surface area contributed by atoms with Crippen molar-refractivity contribution in [2.45, 2.75) is 84.5 Å². The molecule has 0 aliphatic rings. The van der Waals surface area contributed by atoms with Crippen LogP contribution in [0.4, 0.5) is 0 Å². The molecule has 0 aliphatic carbocycles. The van der Waals surface area contributed by atoms with Gasteiger partial charge in [0.15, 0.2) is 5.78 Å². The lowest BCUT2D eigenvalue weighted by molar-refractivity contribution is 0.0992. The molecule has 0 aliphatic heterocycles. The van der Waals surface area contributed by atoms with Crippen LogP contribution in [0.2, 0.25) is 0 Å². The van der Waals surface area contributed by atoms with E-state index < -0.39 is 0 Å². The lowest BCUT2D eigenvalue weighted by atomic mass is 9.97. The molecule has 0 bridgehead atoms. The Hall–Kier alpha value is -1.37. The van der Waals surface area contributed by atoms with Gasteiger partial charge in [-0.3, -0.25) is 4.79 Å². The van der Waals surface area contributed by atoms with Crippen molar-refractivity contribution >= 4 is 5.78 Å². The maximum Gasteiger partial charge on any atom is 0.166 e. The minimum absolute atomic E-state index is 0.265. The van der Waals surface area contributed by atoms with E-state index in [0.717, 1.165) is 18.4 Å². The second kappa shape index (κ2) is 13.1. The summed E-state index contributed by atoms with van der Waals surface area (Å²) < 4.78 is 0. The molecule has 0 fully saturated rings. The summed E-state index contributed by atoms with van der Waals surface area (Å²) in [4.78, 5) is 12.4. The Morgan fingerprint density at radius 1 is 0.870 bits per heavy atom. The number of carbonyl (C=O) groups excluding carboxylic acids is 1. The van der Waals surface area contributed by atoms with Gasteiger partial charge in [-0.1, -0.05) is 94.4 Å². The van der Waals surface area contributed by atoms with E-state index in [4.69, 9.17) is 0 Å². The molecule has 1 rings (SSSR count). The monoisotopic (exact) mass is 314 g/mol. The number of ketones is 1. The molecule has 0 N–H and O–H groups in total. The van der Waals surface area contributed by atoms with Gasteiger partial charge >= 0.3 is 0 Å². The number of unbranched alkanes of at least 4 members (excludes halogenated alkanes) is 7. The van der Waals surface area contributed by atoms with Gasteiger partial charge in [-0.2, -0.15) is 0 Å². The van der Waals surface area contributed by atoms with Crippen LogP contribution >= 0.6 is 0 Å². The fourth-order valence-electron chi connectivity index (χ4n) is 2.85. The van der Waals surface area contributed by atoms with E-state index in [1.165, 1.54) is 56.9 Å². The number of allylic oxidation sites excluding steroid dienone is 2. The molecular formula is C22H34O. The van der Waals surface area contributed by atoms with E-state index in [1.807, 2.05) is 30.3 Å². The first kappa shape index (κ1) is 19.7. The van der Waals surface area contributed by atoms with Gasteiger partial charge in [0.2, 0.25) is 0 Å². The average Bonchev–Trinajstić information content (AvgIpc) is 2.59. The Bertz CT molecular complexity index is 444. The van der Waals surface area contributed by atoms with Crippen LogP contribution in [0.5, 0.6) is 0 Å². The molecule has 0 aromatic heterocycles. The standard InChI is InChI=1S/C22H34O/c1-3-5-7-9-12-16-20(15-11-8-6-4-2)19-22(23)21-17-13-10-14-18-21/h10,13-14,16-18H,3-9,11-12,15,19H2,1-2H3. The Balaban J connectivity index is 2.51. The lowest BCUT2D eigenvalue weighted by Gasteiger charge is -2.08. The van der Waals surface area contributed by atoms with Gasteiger partial charge in [-0.25, -0.2) is 0 Å². The number of rotatable bonds is 13. The van der Waals surface area contributed by atoms with Gasteiger partial charge in [-0.15, -0.1) is 0 Å². The smallest absolute Gasteiger partial charge is 0.166 e. The first-order valence-corrected chi connectivity index (χ1v) is 9.54. The molecule has 1 aromatic rings. The summed E-state index contributed by atoms with van der Waals surface area (Å²) in [5, 5.41) is 0. The maximum atomic E-state index is 12.4. The number of hydrogen-bond donors (Lipinski definition) is 0. The van der Waals surface area contributed by atoms with Crippen molar-refractivity contribution in [2.24, 2.45) is 0 Å². The predicted molar refractivity (Wildman–Crippen MR) is 101 cm³/mol. The van der Waals surface area contributed by atoms with Crippen molar-refractivity contribution in [3.8, 4) is 0 Å². The largest absolute Gasteiger partial charge is 0.294 e. The summed E-state index contributed by atoms with van der Waals surface area (Å²) in [5.74, 6) is 0.265. The molecule has 1 heteroatoms. The van der Waals surface area contributed by atoms with Gasteiger partial charge < -0.3 is 0 Å². The Labute approximate surface area is 143 Å². The zero-order valence-electron chi connectivity index (χ0n) is 15.2. The molecule has 0 saturated carbocycles. The predicted octanol–water partition coefficient (Wildman–Crippen LogP) is 7.13. The molecule has 1 aromatic carbocycles. The van der Waals surface area contributed by atoms with Crippen LogP contribution in [0, 0.1) is 0 Å². The second-order valence-corrected chi connectivity index (χ2v) is 6.49. The summed E-state index contributed by atoms with van der Waals surface area (Å²) in [6.45, 7) is 4.48. The normalized spacial score (nSPS) is 11.7. The van der Waals surface area contributed by atoms with Crippen LogP contribution in [-0.4, -0.2) is 5.78 Å².